The van der Waals surface area contributed by atoms with Crippen molar-refractivity contribution in [2.24, 2.45) is 0 Å². The van der Waals surface area contributed by atoms with E-state index < -0.39 is 11.9 Å². The Morgan fingerprint density at radius 2 is 1.84 bits per heavy atom. The van der Waals surface area contributed by atoms with Gasteiger partial charge in [0.25, 0.3) is 0 Å². The van der Waals surface area contributed by atoms with Crippen LogP contribution < -0.4 is 10.6 Å². The SMILES string of the molecule is COC(=O)c1sc(NC(=S)Nc2ccn(Cc3ccc(Cl)c(Cl)c3)n2)c(C(=O)OC)c1C. The van der Waals surface area contributed by atoms with Crippen LogP contribution in [0.1, 0.15) is 31.2 Å². The summed E-state index contributed by atoms with van der Waals surface area (Å²) in [7, 11) is 2.53. The Bertz CT molecular complexity index is 1190. The van der Waals surface area contributed by atoms with Crippen LogP contribution in [-0.4, -0.2) is 41.1 Å². The number of thiocarbonyl (C=S) groups is 1. The number of halogens is 2. The van der Waals surface area contributed by atoms with E-state index in [1.807, 2.05) is 6.07 Å². The fraction of sp³-hybridized carbons (Fsp3) is 0.200. The predicted octanol–water partition coefficient (Wildman–Crippen LogP) is 4.99. The van der Waals surface area contributed by atoms with Crippen molar-refractivity contribution in [3.8, 4) is 0 Å². The summed E-state index contributed by atoms with van der Waals surface area (Å²) >= 11 is 18.4. The van der Waals surface area contributed by atoms with Crippen LogP contribution in [0.2, 0.25) is 10.0 Å². The van der Waals surface area contributed by atoms with E-state index in [-0.39, 0.29) is 15.6 Å². The number of benzene rings is 1. The number of nitrogens with zero attached hydrogens (tertiary/aromatic N) is 2. The number of hydrogen-bond acceptors (Lipinski definition) is 7. The summed E-state index contributed by atoms with van der Waals surface area (Å²) in [6.07, 6.45) is 1.78. The maximum atomic E-state index is 12.2. The maximum absolute atomic E-state index is 12.2. The summed E-state index contributed by atoms with van der Waals surface area (Å²) in [5.74, 6) is -0.653. The van der Waals surface area contributed by atoms with E-state index in [1.165, 1.54) is 14.2 Å². The van der Waals surface area contributed by atoms with Gasteiger partial charge in [0.1, 0.15) is 9.88 Å². The third-order valence-corrected chi connectivity index (χ3v) is 6.48. The molecule has 168 valence electrons. The van der Waals surface area contributed by atoms with Gasteiger partial charge in [0.05, 0.1) is 36.4 Å². The Balaban J connectivity index is 1.73. The van der Waals surface area contributed by atoms with Gasteiger partial charge in [-0.15, -0.1) is 11.3 Å². The molecular formula is C20H18Cl2N4O4S2. The van der Waals surface area contributed by atoms with Crippen molar-refractivity contribution in [1.82, 2.24) is 9.78 Å². The second-order valence-electron chi connectivity index (χ2n) is 6.47. The average molecular weight is 513 g/mol. The van der Waals surface area contributed by atoms with E-state index in [1.54, 1.807) is 36.0 Å². The number of thiophene rings is 1. The van der Waals surface area contributed by atoms with Crippen LogP contribution in [0, 0.1) is 6.92 Å². The number of rotatable bonds is 6. The van der Waals surface area contributed by atoms with Gasteiger partial charge in [0.2, 0.25) is 0 Å². The maximum Gasteiger partial charge on any atom is 0.348 e. The molecule has 1 aromatic carbocycles. The molecule has 0 radical (unpaired) electrons. The number of esters is 2. The number of aromatic nitrogens is 2. The first kappa shape index (κ1) is 24.0. The lowest BCUT2D eigenvalue weighted by Crippen LogP contribution is -2.20. The molecule has 0 spiro atoms. The van der Waals surface area contributed by atoms with Crippen LogP contribution in [0.25, 0.3) is 0 Å². The van der Waals surface area contributed by atoms with Gasteiger partial charge in [0.15, 0.2) is 10.9 Å². The summed E-state index contributed by atoms with van der Waals surface area (Å²) in [5, 5.41) is 11.8. The van der Waals surface area contributed by atoms with Crippen molar-refractivity contribution in [3.63, 3.8) is 0 Å². The monoisotopic (exact) mass is 512 g/mol. The van der Waals surface area contributed by atoms with Gasteiger partial charge in [-0.3, -0.25) is 4.68 Å². The predicted molar refractivity (Wildman–Crippen MR) is 129 cm³/mol. The Morgan fingerprint density at radius 3 is 2.50 bits per heavy atom. The normalized spacial score (nSPS) is 10.5. The highest BCUT2D eigenvalue weighted by Gasteiger charge is 2.26. The largest absolute Gasteiger partial charge is 0.465 e. The van der Waals surface area contributed by atoms with Gasteiger partial charge in [-0.1, -0.05) is 29.3 Å². The highest BCUT2D eigenvalue weighted by Crippen LogP contribution is 2.34. The molecule has 0 unspecified atom stereocenters. The van der Waals surface area contributed by atoms with Crippen molar-refractivity contribution in [2.45, 2.75) is 13.5 Å². The van der Waals surface area contributed by atoms with Crippen LogP contribution in [0.4, 0.5) is 10.8 Å². The minimum absolute atomic E-state index is 0.188. The molecule has 0 bridgehead atoms. The quantitative estimate of drug-likeness (QED) is 0.352. The topological polar surface area (TPSA) is 94.5 Å². The Hall–Kier alpha value is -2.66. The Kier molecular flexibility index (Phi) is 7.73. The molecule has 0 amide bonds. The van der Waals surface area contributed by atoms with Crippen LogP contribution in [0.5, 0.6) is 0 Å². The lowest BCUT2D eigenvalue weighted by Gasteiger charge is -2.09. The molecule has 0 aliphatic heterocycles. The highest BCUT2D eigenvalue weighted by atomic mass is 35.5. The van der Waals surface area contributed by atoms with Gasteiger partial charge in [-0.25, -0.2) is 9.59 Å². The Labute approximate surface area is 203 Å². The number of nitrogens with one attached hydrogen (secondary N) is 2. The molecule has 3 rings (SSSR count). The van der Waals surface area contributed by atoms with Crippen LogP contribution in [0.3, 0.4) is 0 Å². The fourth-order valence-corrected chi connectivity index (χ4v) is 4.54. The first-order valence-electron chi connectivity index (χ1n) is 9.08. The van der Waals surface area contributed by atoms with E-state index in [4.69, 9.17) is 44.9 Å². The summed E-state index contributed by atoms with van der Waals surface area (Å²) in [4.78, 5) is 24.5. The average Bonchev–Trinajstić information content (AvgIpc) is 3.33. The smallest absolute Gasteiger partial charge is 0.348 e. The van der Waals surface area contributed by atoms with Gasteiger partial charge in [-0.2, -0.15) is 5.10 Å². The second kappa shape index (κ2) is 10.3. The van der Waals surface area contributed by atoms with E-state index >= 15 is 0 Å². The zero-order valence-corrected chi connectivity index (χ0v) is 20.3. The molecule has 32 heavy (non-hydrogen) atoms. The standard InChI is InChI=1S/C20H18Cl2N4O4S2/c1-10-15(18(27)29-2)17(32-16(10)19(28)30-3)24-20(31)23-14-6-7-26(25-14)9-11-4-5-12(21)13(22)8-11/h4-8H,9H2,1-3H3,(H2,23,24,25,31). The number of carbonyl (C=O) groups excluding carboxylic acids is 2. The molecule has 2 aromatic heterocycles. The van der Waals surface area contributed by atoms with Gasteiger partial charge >= 0.3 is 11.9 Å². The fourth-order valence-electron chi connectivity index (χ4n) is 2.83. The van der Waals surface area contributed by atoms with Gasteiger partial charge in [-0.05, 0) is 42.4 Å². The number of anilines is 2. The molecule has 0 aliphatic rings. The minimum Gasteiger partial charge on any atom is -0.465 e. The molecule has 0 atom stereocenters. The van der Waals surface area contributed by atoms with Crippen LogP contribution >= 0.6 is 46.8 Å². The molecule has 0 aliphatic carbocycles. The van der Waals surface area contributed by atoms with E-state index in [0.717, 1.165) is 16.9 Å². The molecule has 0 saturated carbocycles. The van der Waals surface area contributed by atoms with E-state index in [2.05, 4.69) is 15.7 Å². The molecule has 2 heterocycles. The molecule has 3 aromatic rings. The van der Waals surface area contributed by atoms with Gasteiger partial charge < -0.3 is 20.1 Å². The van der Waals surface area contributed by atoms with E-state index in [0.29, 0.717) is 33.0 Å². The molecule has 0 fully saturated rings. The second-order valence-corrected chi connectivity index (χ2v) is 8.71. The first-order valence-corrected chi connectivity index (χ1v) is 11.1. The number of carbonyl (C=O) groups is 2. The van der Waals surface area contributed by atoms with Crippen molar-refractivity contribution in [3.05, 3.63) is 62.1 Å². The number of hydrogen-bond donors (Lipinski definition) is 2. The first-order chi connectivity index (χ1) is 15.2. The van der Waals surface area contributed by atoms with Crippen molar-refractivity contribution >= 4 is 74.6 Å². The number of ether oxygens (including phenoxy) is 2. The molecule has 8 nitrogen and oxygen atoms in total. The molecule has 2 N–H and O–H groups in total. The number of methoxy groups -OCH3 is 2. The highest BCUT2D eigenvalue weighted by molar-refractivity contribution is 7.80. The summed E-state index contributed by atoms with van der Waals surface area (Å²) in [6.45, 7) is 2.12. The minimum atomic E-state index is -0.592. The zero-order chi connectivity index (χ0) is 23.4. The van der Waals surface area contributed by atoms with Gasteiger partial charge in [0, 0.05) is 12.3 Å². The summed E-state index contributed by atoms with van der Waals surface area (Å²) < 4.78 is 11.3. The van der Waals surface area contributed by atoms with Crippen molar-refractivity contribution in [2.75, 3.05) is 24.9 Å². The summed E-state index contributed by atoms with van der Waals surface area (Å²) in [5.41, 5.74) is 1.60. The van der Waals surface area contributed by atoms with Crippen LogP contribution in [-0.2, 0) is 16.0 Å². The molecular weight excluding hydrogens is 495 g/mol. The molecule has 0 saturated heterocycles. The van der Waals surface area contributed by atoms with E-state index in [9.17, 15) is 9.59 Å². The lowest BCUT2D eigenvalue weighted by molar-refractivity contribution is 0.0601. The van der Waals surface area contributed by atoms with Crippen molar-refractivity contribution in [1.29, 1.82) is 0 Å². The lowest BCUT2D eigenvalue weighted by atomic mass is 10.1. The van der Waals surface area contributed by atoms with Crippen molar-refractivity contribution < 1.29 is 19.1 Å². The zero-order valence-electron chi connectivity index (χ0n) is 17.2. The molecule has 12 heteroatoms. The summed E-state index contributed by atoms with van der Waals surface area (Å²) in [6, 6.07) is 7.11. The third kappa shape index (κ3) is 5.39. The third-order valence-electron chi connectivity index (χ3n) is 4.34. The van der Waals surface area contributed by atoms with Crippen LogP contribution in [0.15, 0.2) is 30.5 Å². The Morgan fingerprint density at radius 1 is 1.12 bits per heavy atom.